The van der Waals surface area contributed by atoms with E-state index in [4.69, 9.17) is 4.74 Å². The second-order valence-electron chi connectivity index (χ2n) is 6.25. The number of nitrogens with one attached hydrogen (secondary N) is 1. The molecule has 0 aromatic heterocycles. The zero-order valence-corrected chi connectivity index (χ0v) is 14.9. The molecule has 1 heterocycles. The molecule has 0 spiro atoms. The molecule has 1 N–H and O–H groups in total. The van der Waals surface area contributed by atoms with Crippen LogP contribution in [0, 0.1) is 0 Å². The molecule has 1 saturated heterocycles. The summed E-state index contributed by atoms with van der Waals surface area (Å²) in [7, 11) is 1.55. The zero-order chi connectivity index (χ0) is 18.3. The number of methoxy groups -OCH3 is 1. The molecule has 1 aliphatic rings. The molecule has 1 aromatic rings. The van der Waals surface area contributed by atoms with E-state index in [1.807, 2.05) is 0 Å². The van der Waals surface area contributed by atoms with Crippen molar-refractivity contribution in [2.24, 2.45) is 0 Å². The summed E-state index contributed by atoms with van der Waals surface area (Å²) in [4.78, 5) is 2.32. The molecule has 25 heavy (non-hydrogen) atoms. The third kappa shape index (κ3) is 6.08. The van der Waals surface area contributed by atoms with E-state index in [1.165, 1.54) is 12.1 Å². The number of ether oxygens (including phenoxy) is 2. The molecule has 1 atom stereocenters. The highest BCUT2D eigenvalue weighted by atomic mass is 19.4. The summed E-state index contributed by atoms with van der Waals surface area (Å²) in [5.41, 5.74) is 0.766. The lowest BCUT2D eigenvalue weighted by Crippen LogP contribution is -2.45. The van der Waals surface area contributed by atoms with E-state index in [0.717, 1.165) is 57.4 Å². The number of hydrogen-bond donors (Lipinski definition) is 1. The number of piperazine rings is 1. The van der Waals surface area contributed by atoms with Crippen molar-refractivity contribution < 1.29 is 22.6 Å². The Bertz CT molecular complexity index is 532. The molecule has 0 amide bonds. The highest BCUT2D eigenvalue weighted by Gasteiger charge is 2.32. The average Bonchev–Trinajstić information content (AvgIpc) is 2.58. The molecule has 0 unspecified atom stereocenters. The van der Waals surface area contributed by atoms with E-state index in [-0.39, 0.29) is 11.8 Å². The molecule has 2 rings (SSSR count). The normalized spacial score (nSPS) is 17.3. The monoisotopic (exact) mass is 360 g/mol. The summed E-state index contributed by atoms with van der Waals surface area (Å²) in [5, 5.41) is 3.31. The van der Waals surface area contributed by atoms with Crippen LogP contribution in [0.4, 0.5) is 13.2 Å². The Labute approximate surface area is 147 Å². The Kier molecular flexibility index (Phi) is 7.38. The maximum absolute atomic E-state index is 12.6. The third-order valence-electron chi connectivity index (χ3n) is 4.47. The summed E-state index contributed by atoms with van der Waals surface area (Å²) in [5.74, 6) is 0.411. The van der Waals surface area contributed by atoms with E-state index in [1.54, 1.807) is 13.2 Å². The average molecular weight is 360 g/mol. The highest BCUT2D eigenvalue weighted by Crippen LogP contribution is 2.37. The molecule has 142 valence electrons. The first-order chi connectivity index (χ1) is 11.9. The van der Waals surface area contributed by atoms with Crippen LogP contribution in [0.25, 0.3) is 0 Å². The van der Waals surface area contributed by atoms with Crippen LogP contribution in [0.1, 0.15) is 44.2 Å². The van der Waals surface area contributed by atoms with Gasteiger partial charge >= 0.3 is 6.36 Å². The Morgan fingerprint density at radius 3 is 2.52 bits per heavy atom. The van der Waals surface area contributed by atoms with Gasteiger partial charge in [0, 0.05) is 37.8 Å². The van der Waals surface area contributed by atoms with Gasteiger partial charge in [0.05, 0.1) is 7.11 Å². The molecule has 1 aromatic carbocycles. The lowest BCUT2D eigenvalue weighted by Gasteiger charge is -2.36. The Morgan fingerprint density at radius 1 is 1.20 bits per heavy atom. The van der Waals surface area contributed by atoms with E-state index in [2.05, 4.69) is 21.9 Å². The lowest BCUT2D eigenvalue weighted by atomic mass is 9.97. The number of unbranched alkanes of at least 4 members (excludes halogenated alkanes) is 2. The summed E-state index contributed by atoms with van der Waals surface area (Å²) in [6.45, 7) is 5.63. The Hall–Kier alpha value is -1.47. The quantitative estimate of drug-likeness (QED) is 0.707. The first-order valence-electron chi connectivity index (χ1n) is 8.83. The van der Waals surface area contributed by atoms with Gasteiger partial charge in [-0.05, 0) is 24.6 Å². The van der Waals surface area contributed by atoms with Gasteiger partial charge in [0.1, 0.15) is 11.5 Å². The predicted octanol–water partition coefficient (Wildman–Crippen LogP) is 4.12. The molecular formula is C18H27F3N2O2. The smallest absolute Gasteiger partial charge is 0.496 e. The van der Waals surface area contributed by atoms with Gasteiger partial charge in [-0.25, -0.2) is 0 Å². The summed E-state index contributed by atoms with van der Waals surface area (Å²) >= 11 is 0. The van der Waals surface area contributed by atoms with E-state index < -0.39 is 6.36 Å². The van der Waals surface area contributed by atoms with Crippen molar-refractivity contribution in [1.82, 2.24) is 10.2 Å². The first-order valence-corrected chi connectivity index (χ1v) is 8.83. The second kappa shape index (κ2) is 9.29. The molecule has 0 aliphatic carbocycles. The minimum absolute atomic E-state index is 0.0281. The molecule has 0 bridgehead atoms. The van der Waals surface area contributed by atoms with Crippen molar-refractivity contribution in [1.29, 1.82) is 0 Å². The van der Waals surface area contributed by atoms with Crippen LogP contribution in [-0.2, 0) is 0 Å². The van der Waals surface area contributed by atoms with Gasteiger partial charge in [0.15, 0.2) is 0 Å². The zero-order valence-electron chi connectivity index (χ0n) is 14.9. The molecule has 1 fully saturated rings. The van der Waals surface area contributed by atoms with Crippen molar-refractivity contribution in [3.8, 4) is 11.5 Å². The van der Waals surface area contributed by atoms with Crippen LogP contribution in [0.5, 0.6) is 11.5 Å². The fourth-order valence-corrected chi connectivity index (χ4v) is 3.29. The van der Waals surface area contributed by atoms with E-state index in [0.29, 0.717) is 5.75 Å². The Morgan fingerprint density at radius 2 is 1.92 bits per heavy atom. The maximum Gasteiger partial charge on any atom is 0.573 e. The first kappa shape index (κ1) is 19.8. The van der Waals surface area contributed by atoms with Crippen molar-refractivity contribution >= 4 is 0 Å². The van der Waals surface area contributed by atoms with Crippen LogP contribution >= 0.6 is 0 Å². The fourth-order valence-electron chi connectivity index (χ4n) is 3.29. The van der Waals surface area contributed by atoms with Gasteiger partial charge in [0.2, 0.25) is 0 Å². The number of alkyl halides is 3. The van der Waals surface area contributed by atoms with Gasteiger partial charge < -0.3 is 14.8 Å². The standard InChI is InChI=1S/C18H27F3N2O2/c1-3-4-5-6-16(23-11-9-22-10-12-23)15-13-14(25-18(19,20)21)7-8-17(15)24-2/h7-8,13,16,22H,3-6,9-12H2,1-2H3/t16-/m1/s1. The minimum Gasteiger partial charge on any atom is -0.496 e. The van der Waals surface area contributed by atoms with E-state index >= 15 is 0 Å². The largest absolute Gasteiger partial charge is 0.573 e. The highest BCUT2D eigenvalue weighted by molar-refractivity contribution is 5.42. The van der Waals surface area contributed by atoms with Crippen molar-refractivity contribution in [3.63, 3.8) is 0 Å². The molecule has 1 aliphatic heterocycles. The number of benzene rings is 1. The van der Waals surface area contributed by atoms with Gasteiger partial charge in [-0.1, -0.05) is 26.2 Å². The SMILES string of the molecule is CCCCC[C@H](c1cc(OC(F)(F)F)ccc1OC)N1CCNCC1. The van der Waals surface area contributed by atoms with Crippen LogP contribution < -0.4 is 14.8 Å². The predicted molar refractivity (Wildman–Crippen MR) is 91.0 cm³/mol. The second-order valence-corrected chi connectivity index (χ2v) is 6.25. The molecule has 0 radical (unpaired) electrons. The van der Waals surface area contributed by atoms with Gasteiger partial charge in [-0.15, -0.1) is 13.2 Å². The van der Waals surface area contributed by atoms with Crippen LogP contribution in [-0.4, -0.2) is 44.6 Å². The molecule has 7 heteroatoms. The minimum atomic E-state index is -4.70. The van der Waals surface area contributed by atoms with Crippen molar-refractivity contribution in [3.05, 3.63) is 23.8 Å². The van der Waals surface area contributed by atoms with Gasteiger partial charge in [0.25, 0.3) is 0 Å². The van der Waals surface area contributed by atoms with Crippen LogP contribution in [0.2, 0.25) is 0 Å². The molecule has 4 nitrogen and oxygen atoms in total. The third-order valence-corrected chi connectivity index (χ3v) is 4.47. The van der Waals surface area contributed by atoms with Crippen LogP contribution in [0.15, 0.2) is 18.2 Å². The van der Waals surface area contributed by atoms with Gasteiger partial charge in [-0.2, -0.15) is 0 Å². The summed E-state index contributed by atoms with van der Waals surface area (Å²) < 4.78 is 47.3. The number of hydrogen-bond acceptors (Lipinski definition) is 4. The molecular weight excluding hydrogens is 333 g/mol. The van der Waals surface area contributed by atoms with Crippen LogP contribution in [0.3, 0.4) is 0 Å². The number of halogens is 3. The maximum atomic E-state index is 12.6. The molecule has 0 saturated carbocycles. The van der Waals surface area contributed by atoms with Gasteiger partial charge in [-0.3, -0.25) is 4.90 Å². The summed E-state index contributed by atoms with van der Waals surface area (Å²) in [6.07, 6.45) is -0.580. The van der Waals surface area contributed by atoms with E-state index in [9.17, 15) is 13.2 Å². The lowest BCUT2D eigenvalue weighted by molar-refractivity contribution is -0.274. The van der Waals surface area contributed by atoms with Crippen molar-refractivity contribution in [2.45, 2.75) is 45.0 Å². The summed E-state index contributed by atoms with van der Waals surface area (Å²) in [6, 6.07) is 4.37. The fraction of sp³-hybridized carbons (Fsp3) is 0.667. The number of rotatable bonds is 8. The van der Waals surface area contributed by atoms with Crippen molar-refractivity contribution in [2.75, 3.05) is 33.3 Å². The Balaban J connectivity index is 2.29. The number of nitrogens with zero attached hydrogens (tertiary/aromatic N) is 1. The topological polar surface area (TPSA) is 33.7 Å².